The van der Waals surface area contributed by atoms with E-state index in [4.69, 9.17) is 0 Å². The summed E-state index contributed by atoms with van der Waals surface area (Å²) in [5.74, 6) is -1.08. The number of carbonyl (C=O) groups is 2. The van der Waals surface area contributed by atoms with Gasteiger partial charge in [0.1, 0.15) is 0 Å². The predicted octanol–water partition coefficient (Wildman–Crippen LogP) is 2.47. The van der Waals surface area contributed by atoms with E-state index >= 15 is 0 Å². The van der Waals surface area contributed by atoms with Crippen molar-refractivity contribution in [1.29, 1.82) is 0 Å². The van der Waals surface area contributed by atoms with Crippen LogP contribution in [0.1, 0.15) is 20.7 Å². The summed E-state index contributed by atoms with van der Waals surface area (Å²) >= 11 is 1.50. The van der Waals surface area contributed by atoms with E-state index in [-0.39, 0.29) is 11.1 Å². The van der Waals surface area contributed by atoms with Gasteiger partial charge in [-0.15, -0.1) is 11.3 Å². The van der Waals surface area contributed by atoms with Crippen molar-refractivity contribution in [2.24, 2.45) is 0 Å². The lowest BCUT2D eigenvalue weighted by molar-refractivity contribution is 0.0555. The van der Waals surface area contributed by atoms with Crippen molar-refractivity contribution in [3.63, 3.8) is 0 Å². The summed E-state index contributed by atoms with van der Waals surface area (Å²) in [7, 11) is 2.56. The number of thiophene rings is 1. The molecular weight excluding hydrogens is 240 g/mol. The summed E-state index contributed by atoms with van der Waals surface area (Å²) < 4.78 is 10.2. The van der Waals surface area contributed by atoms with Gasteiger partial charge in [0.2, 0.25) is 0 Å². The topological polar surface area (TPSA) is 52.6 Å². The molecule has 0 unspecified atom stereocenters. The van der Waals surface area contributed by atoms with Crippen molar-refractivity contribution in [3.8, 4) is 0 Å². The van der Waals surface area contributed by atoms with Gasteiger partial charge >= 0.3 is 11.9 Å². The third-order valence-corrected chi connectivity index (χ3v) is 3.28. The van der Waals surface area contributed by atoms with Gasteiger partial charge in [-0.2, -0.15) is 0 Å². The summed E-state index contributed by atoms with van der Waals surface area (Å²) in [5.41, 5.74) is 0.458. The Balaban J connectivity index is 2.67. The molecule has 2 aromatic rings. The molecule has 2 rings (SSSR count). The van der Waals surface area contributed by atoms with Crippen LogP contribution in [0, 0.1) is 0 Å². The van der Waals surface area contributed by atoms with Crippen molar-refractivity contribution in [2.75, 3.05) is 14.2 Å². The van der Waals surface area contributed by atoms with Gasteiger partial charge in [0.05, 0.1) is 25.3 Å². The molecule has 4 nitrogen and oxygen atoms in total. The van der Waals surface area contributed by atoms with Crippen LogP contribution in [0.5, 0.6) is 0 Å². The van der Waals surface area contributed by atoms with E-state index in [1.54, 1.807) is 12.1 Å². The molecule has 1 aromatic carbocycles. The van der Waals surface area contributed by atoms with Gasteiger partial charge in [-0.1, -0.05) is 0 Å². The minimum absolute atomic E-state index is 0.227. The Kier molecular flexibility index (Phi) is 3.10. The monoisotopic (exact) mass is 250 g/mol. The van der Waals surface area contributed by atoms with E-state index < -0.39 is 11.9 Å². The molecule has 88 valence electrons. The van der Waals surface area contributed by atoms with Crippen molar-refractivity contribution in [2.45, 2.75) is 0 Å². The number of rotatable bonds is 2. The molecule has 0 fully saturated rings. The Labute approximate surface area is 102 Å². The Morgan fingerprint density at radius 3 is 2.24 bits per heavy atom. The van der Waals surface area contributed by atoms with E-state index in [1.807, 2.05) is 11.4 Å². The molecule has 0 saturated heterocycles. The lowest BCUT2D eigenvalue weighted by atomic mass is 10.1. The SMILES string of the molecule is COC(=O)c1cc2ccsc2cc1C(=O)OC. The molecule has 17 heavy (non-hydrogen) atoms. The van der Waals surface area contributed by atoms with E-state index in [2.05, 4.69) is 9.47 Å². The fraction of sp³-hybridized carbons (Fsp3) is 0.167. The maximum atomic E-state index is 11.6. The maximum Gasteiger partial charge on any atom is 0.338 e. The van der Waals surface area contributed by atoms with Crippen LogP contribution in [0.2, 0.25) is 0 Å². The van der Waals surface area contributed by atoms with E-state index in [0.717, 1.165) is 10.1 Å². The summed E-state index contributed by atoms with van der Waals surface area (Å²) in [6, 6.07) is 5.18. The van der Waals surface area contributed by atoms with Gasteiger partial charge in [-0.05, 0) is 29.0 Å². The first-order valence-electron chi connectivity index (χ1n) is 4.85. The van der Waals surface area contributed by atoms with Crippen LogP contribution in [0.3, 0.4) is 0 Å². The van der Waals surface area contributed by atoms with Crippen LogP contribution >= 0.6 is 11.3 Å². The van der Waals surface area contributed by atoms with Crippen LogP contribution in [-0.2, 0) is 9.47 Å². The third kappa shape index (κ3) is 2.01. The van der Waals surface area contributed by atoms with Gasteiger partial charge in [-0.3, -0.25) is 0 Å². The third-order valence-electron chi connectivity index (χ3n) is 2.40. The minimum atomic E-state index is -0.543. The fourth-order valence-corrected chi connectivity index (χ4v) is 2.38. The van der Waals surface area contributed by atoms with Crippen LogP contribution < -0.4 is 0 Å². The van der Waals surface area contributed by atoms with Gasteiger partial charge in [0, 0.05) is 4.70 Å². The van der Waals surface area contributed by atoms with Crippen molar-refractivity contribution in [3.05, 3.63) is 34.7 Å². The van der Waals surface area contributed by atoms with Gasteiger partial charge < -0.3 is 9.47 Å². The maximum absolute atomic E-state index is 11.6. The Morgan fingerprint density at radius 2 is 1.65 bits per heavy atom. The lowest BCUT2D eigenvalue weighted by Crippen LogP contribution is -2.11. The molecule has 0 radical (unpaired) electrons. The molecule has 1 heterocycles. The van der Waals surface area contributed by atoms with Gasteiger partial charge in [0.15, 0.2) is 0 Å². The molecule has 0 aliphatic carbocycles. The number of hydrogen-bond donors (Lipinski definition) is 0. The molecule has 0 spiro atoms. The zero-order valence-electron chi connectivity index (χ0n) is 9.35. The van der Waals surface area contributed by atoms with Gasteiger partial charge in [-0.25, -0.2) is 9.59 Å². The Hall–Kier alpha value is -1.88. The fourth-order valence-electron chi connectivity index (χ4n) is 1.57. The Morgan fingerprint density at radius 1 is 1.06 bits per heavy atom. The first-order chi connectivity index (χ1) is 8.17. The highest BCUT2D eigenvalue weighted by Crippen LogP contribution is 2.26. The van der Waals surface area contributed by atoms with Crippen LogP contribution in [0.15, 0.2) is 23.6 Å². The molecule has 0 amide bonds. The summed E-state index contributed by atoms with van der Waals surface area (Å²) in [5, 5.41) is 2.80. The molecule has 1 aromatic heterocycles. The average Bonchev–Trinajstić information content (AvgIpc) is 2.82. The molecule has 0 atom stereocenters. The van der Waals surface area contributed by atoms with E-state index in [9.17, 15) is 9.59 Å². The zero-order valence-corrected chi connectivity index (χ0v) is 10.2. The first-order valence-corrected chi connectivity index (χ1v) is 5.73. The number of benzene rings is 1. The highest BCUT2D eigenvalue weighted by molar-refractivity contribution is 7.17. The van der Waals surface area contributed by atoms with Crippen molar-refractivity contribution < 1.29 is 19.1 Å². The zero-order chi connectivity index (χ0) is 12.4. The second-order valence-corrected chi connectivity index (χ2v) is 4.29. The Bertz CT molecular complexity index is 535. The quantitative estimate of drug-likeness (QED) is 0.768. The van der Waals surface area contributed by atoms with Crippen molar-refractivity contribution >= 4 is 33.4 Å². The molecular formula is C12H10O4S. The number of methoxy groups -OCH3 is 2. The molecule has 0 aliphatic rings. The minimum Gasteiger partial charge on any atom is -0.465 e. The molecule has 0 aliphatic heterocycles. The van der Waals surface area contributed by atoms with Crippen LogP contribution in [0.4, 0.5) is 0 Å². The highest BCUT2D eigenvalue weighted by Gasteiger charge is 2.19. The number of hydrogen-bond acceptors (Lipinski definition) is 5. The molecule has 0 bridgehead atoms. The van der Waals surface area contributed by atoms with Crippen molar-refractivity contribution in [1.82, 2.24) is 0 Å². The largest absolute Gasteiger partial charge is 0.465 e. The number of carbonyl (C=O) groups excluding carboxylic acids is 2. The van der Waals surface area contributed by atoms with Crippen LogP contribution in [0.25, 0.3) is 10.1 Å². The summed E-state index contributed by atoms with van der Waals surface area (Å²) in [6.07, 6.45) is 0. The second-order valence-electron chi connectivity index (χ2n) is 3.34. The predicted molar refractivity (Wildman–Crippen MR) is 64.5 cm³/mol. The van der Waals surface area contributed by atoms with Crippen LogP contribution in [-0.4, -0.2) is 26.2 Å². The lowest BCUT2D eigenvalue weighted by Gasteiger charge is -2.06. The standard InChI is InChI=1S/C12H10O4S/c1-15-11(13)8-5-7-3-4-17-10(7)6-9(8)12(14)16-2/h3-6H,1-2H3. The number of esters is 2. The summed E-state index contributed by atoms with van der Waals surface area (Å²) in [4.78, 5) is 23.2. The van der Waals surface area contributed by atoms with E-state index in [0.29, 0.717) is 0 Å². The number of fused-ring (bicyclic) bond motifs is 1. The highest BCUT2D eigenvalue weighted by atomic mass is 32.1. The second kappa shape index (κ2) is 4.55. The number of ether oxygens (including phenoxy) is 2. The molecule has 0 saturated carbocycles. The normalized spacial score (nSPS) is 10.2. The summed E-state index contributed by atoms with van der Waals surface area (Å²) in [6.45, 7) is 0. The first kappa shape index (κ1) is 11.6. The van der Waals surface area contributed by atoms with Gasteiger partial charge in [0.25, 0.3) is 0 Å². The molecule has 5 heteroatoms. The average molecular weight is 250 g/mol. The molecule has 0 N–H and O–H groups in total. The smallest absolute Gasteiger partial charge is 0.338 e. The van der Waals surface area contributed by atoms with E-state index in [1.165, 1.54) is 25.6 Å².